The fraction of sp³-hybridized carbons (Fsp3) is 0.143. The van der Waals surface area contributed by atoms with Gasteiger partial charge in [-0.25, -0.2) is 10.4 Å². The van der Waals surface area contributed by atoms with Crippen LogP contribution in [0.1, 0.15) is 16.8 Å². The third-order valence-electron chi connectivity index (χ3n) is 3.77. The summed E-state index contributed by atoms with van der Waals surface area (Å²) in [6.45, 7) is 2.17. The molecule has 1 aromatic heterocycles. The Balaban J connectivity index is 1.49. The van der Waals surface area contributed by atoms with Crippen molar-refractivity contribution in [3.05, 3.63) is 77.5 Å². The van der Waals surface area contributed by atoms with Gasteiger partial charge in [-0.1, -0.05) is 30.3 Å². The van der Waals surface area contributed by atoms with E-state index in [-0.39, 0.29) is 12.4 Å². The molecule has 0 unspecified atom stereocenters. The van der Waals surface area contributed by atoms with Gasteiger partial charge in [0.15, 0.2) is 6.61 Å². The van der Waals surface area contributed by atoms with Crippen molar-refractivity contribution in [3.8, 4) is 11.6 Å². The number of amides is 1. The molecule has 8 heteroatoms. The van der Waals surface area contributed by atoms with Crippen LogP contribution < -0.4 is 15.5 Å². The van der Waals surface area contributed by atoms with E-state index in [1.807, 2.05) is 37.3 Å². The average Bonchev–Trinajstić information content (AvgIpc) is 2.73. The molecule has 3 N–H and O–H groups in total. The molecule has 0 saturated heterocycles. The largest absolute Gasteiger partial charge is 0.508 e. The van der Waals surface area contributed by atoms with Crippen molar-refractivity contribution in [2.45, 2.75) is 13.5 Å². The predicted molar refractivity (Wildman–Crippen MR) is 110 cm³/mol. The van der Waals surface area contributed by atoms with E-state index >= 15 is 0 Å². The third-order valence-corrected chi connectivity index (χ3v) is 3.77. The summed E-state index contributed by atoms with van der Waals surface area (Å²) in [7, 11) is 0. The van der Waals surface area contributed by atoms with E-state index in [0.717, 1.165) is 16.8 Å². The molecule has 0 aliphatic carbocycles. The summed E-state index contributed by atoms with van der Waals surface area (Å²) in [5, 5.41) is 16.2. The van der Waals surface area contributed by atoms with E-state index < -0.39 is 5.91 Å². The minimum absolute atomic E-state index is 0.164. The molecule has 0 bridgehead atoms. The number of benzene rings is 2. The average molecular weight is 391 g/mol. The first-order chi connectivity index (χ1) is 14.1. The van der Waals surface area contributed by atoms with Crippen LogP contribution in [-0.4, -0.2) is 33.8 Å². The summed E-state index contributed by atoms with van der Waals surface area (Å²) in [4.78, 5) is 20.5. The van der Waals surface area contributed by atoms with Crippen LogP contribution in [0.3, 0.4) is 0 Å². The number of aromatic hydroxyl groups is 1. The zero-order valence-electron chi connectivity index (χ0n) is 15.9. The highest BCUT2D eigenvalue weighted by Crippen LogP contribution is 2.13. The number of aromatic nitrogens is 2. The number of hydrogen-bond donors (Lipinski definition) is 3. The van der Waals surface area contributed by atoms with E-state index in [2.05, 4.69) is 25.8 Å². The third kappa shape index (κ3) is 6.62. The first kappa shape index (κ1) is 19.8. The van der Waals surface area contributed by atoms with Gasteiger partial charge < -0.3 is 15.2 Å². The van der Waals surface area contributed by atoms with Crippen LogP contribution in [0.25, 0.3) is 0 Å². The van der Waals surface area contributed by atoms with Gasteiger partial charge in [0, 0.05) is 18.3 Å². The highest BCUT2D eigenvalue weighted by molar-refractivity contribution is 5.83. The van der Waals surface area contributed by atoms with Crippen molar-refractivity contribution < 1.29 is 14.6 Å². The maximum Gasteiger partial charge on any atom is 0.278 e. The first-order valence-corrected chi connectivity index (χ1v) is 8.96. The molecular formula is C21H21N5O3. The number of hydrogen-bond acceptors (Lipinski definition) is 7. The van der Waals surface area contributed by atoms with Gasteiger partial charge in [-0.2, -0.15) is 10.1 Å². The number of ether oxygens (including phenoxy) is 1. The van der Waals surface area contributed by atoms with Crippen LogP contribution in [0.5, 0.6) is 11.6 Å². The van der Waals surface area contributed by atoms with Crippen molar-refractivity contribution in [2.24, 2.45) is 5.10 Å². The molecule has 0 aliphatic heterocycles. The number of phenols is 1. The van der Waals surface area contributed by atoms with Gasteiger partial charge in [-0.05, 0) is 42.3 Å². The van der Waals surface area contributed by atoms with Gasteiger partial charge in [0.1, 0.15) is 5.75 Å². The number of carbonyl (C=O) groups excluding carboxylic acids is 1. The van der Waals surface area contributed by atoms with Crippen molar-refractivity contribution in [1.82, 2.24) is 15.4 Å². The van der Waals surface area contributed by atoms with Gasteiger partial charge in [0.25, 0.3) is 5.91 Å². The molecule has 0 atom stereocenters. The van der Waals surface area contributed by atoms with Crippen molar-refractivity contribution in [2.75, 3.05) is 11.9 Å². The standard InChI is InChI=1S/C21H21N5O3/c1-15-11-20(25-21(24-15)22-12-16-5-3-2-4-6-16)29-14-19(28)26-23-13-17-7-9-18(27)10-8-17/h2-11,13,27H,12,14H2,1H3,(H,26,28)(H,22,24,25)/b23-13+. The zero-order valence-corrected chi connectivity index (χ0v) is 15.9. The second kappa shape index (κ2) is 9.84. The number of hydrazone groups is 1. The quantitative estimate of drug-likeness (QED) is 0.402. The molecule has 0 radical (unpaired) electrons. The SMILES string of the molecule is Cc1cc(OCC(=O)N/N=C/c2ccc(O)cc2)nc(NCc2ccccc2)n1. The zero-order chi connectivity index (χ0) is 20.5. The molecule has 0 aliphatic rings. The van der Waals surface area contributed by atoms with Crippen LogP contribution in [-0.2, 0) is 11.3 Å². The van der Waals surface area contributed by atoms with E-state index in [1.165, 1.54) is 18.3 Å². The van der Waals surface area contributed by atoms with Crippen LogP contribution in [0.2, 0.25) is 0 Å². The fourth-order valence-electron chi connectivity index (χ4n) is 2.38. The van der Waals surface area contributed by atoms with Gasteiger partial charge in [0.2, 0.25) is 11.8 Å². The van der Waals surface area contributed by atoms with E-state index in [0.29, 0.717) is 18.4 Å². The number of nitrogens with one attached hydrogen (secondary N) is 2. The topological polar surface area (TPSA) is 109 Å². The fourth-order valence-corrected chi connectivity index (χ4v) is 2.38. The van der Waals surface area contributed by atoms with Crippen LogP contribution in [0, 0.1) is 6.92 Å². The number of anilines is 1. The van der Waals surface area contributed by atoms with Crippen molar-refractivity contribution >= 4 is 18.1 Å². The Morgan fingerprint density at radius 3 is 2.66 bits per heavy atom. The Hall–Kier alpha value is -3.94. The van der Waals surface area contributed by atoms with Crippen LogP contribution >= 0.6 is 0 Å². The molecule has 0 fully saturated rings. The molecule has 8 nitrogen and oxygen atoms in total. The van der Waals surface area contributed by atoms with E-state index in [1.54, 1.807) is 18.2 Å². The Bertz CT molecular complexity index is 975. The van der Waals surface area contributed by atoms with Gasteiger partial charge in [-0.15, -0.1) is 0 Å². The Kier molecular flexibility index (Phi) is 6.72. The normalized spacial score (nSPS) is 10.7. The molecule has 0 saturated carbocycles. The van der Waals surface area contributed by atoms with Crippen molar-refractivity contribution in [1.29, 1.82) is 0 Å². The highest BCUT2D eigenvalue weighted by atomic mass is 16.5. The van der Waals surface area contributed by atoms with Crippen LogP contribution in [0.4, 0.5) is 5.95 Å². The molecule has 148 valence electrons. The molecule has 29 heavy (non-hydrogen) atoms. The van der Waals surface area contributed by atoms with Crippen LogP contribution in [0.15, 0.2) is 65.8 Å². The minimum atomic E-state index is -0.421. The number of rotatable bonds is 8. The highest BCUT2D eigenvalue weighted by Gasteiger charge is 2.06. The van der Waals surface area contributed by atoms with Gasteiger partial charge in [-0.3, -0.25) is 4.79 Å². The monoisotopic (exact) mass is 391 g/mol. The summed E-state index contributed by atoms with van der Waals surface area (Å²) in [6, 6.07) is 18.0. The lowest BCUT2D eigenvalue weighted by atomic mass is 10.2. The maximum atomic E-state index is 11.9. The number of phenolic OH excluding ortho intramolecular Hbond substituents is 1. The van der Waals surface area contributed by atoms with E-state index in [9.17, 15) is 9.90 Å². The molecule has 1 heterocycles. The Morgan fingerprint density at radius 1 is 1.14 bits per heavy atom. The Labute approximate surface area is 168 Å². The minimum Gasteiger partial charge on any atom is -0.508 e. The summed E-state index contributed by atoms with van der Waals surface area (Å²) in [6.07, 6.45) is 1.47. The van der Waals surface area contributed by atoms with E-state index in [4.69, 9.17) is 4.74 Å². The number of carbonyl (C=O) groups is 1. The van der Waals surface area contributed by atoms with Gasteiger partial charge in [0.05, 0.1) is 6.21 Å². The molecule has 2 aromatic carbocycles. The Morgan fingerprint density at radius 2 is 1.90 bits per heavy atom. The molecule has 3 aromatic rings. The molecule has 3 rings (SSSR count). The molecule has 1 amide bonds. The summed E-state index contributed by atoms with van der Waals surface area (Å²) >= 11 is 0. The maximum absolute atomic E-state index is 11.9. The second-order valence-electron chi connectivity index (χ2n) is 6.18. The summed E-state index contributed by atoms with van der Waals surface area (Å²) in [5.41, 5.74) is 4.94. The second-order valence-corrected chi connectivity index (χ2v) is 6.18. The summed E-state index contributed by atoms with van der Waals surface area (Å²) in [5.74, 6) is 0.466. The smallest absolute Gasteiger partial charge is 0.278 e. The number of aryl methyl sites for hydroxylation is 1. The lowest BCUT2D eigenvalue weighted by molar-refractivity contribution is -0.123. The van der Waals surface area contributed by atoms with Crippen molar-refractivity contribution in [3.63, 3.8) is 0 Å². The lowest BCUT2D eigenvalue weighted by Crippen LogP contribution is -2.25. The number of nitrogens with zero attached hydrogens (tertiary/aromatic N) is 3. The predicted octanol–water partition coefficient (Wildman–Crippen LogP) is 2.63. The summed E-state index contributed by atoms with van der Waals surface area (Å²) < 4.78 is 5.45. The van der Waals surface area contributed by atoms with Gasteiger partial charge >= 0.3 is 0 Å². The first-order valence-electron chi connectivity index (χ1n) is 8.96. The molecular weight excluding hydrogens is 370 g/mol. The molecule has 0 spiro atoms. The lowest BCUT2D eigenvalue weighted by Gasteiger charge is -2.09.